The molecule has 3 heterocycles. The van der Waals surface area contributed by atoms with Crippen LogP contribution in [0.2, 0.25) is 0 Å². The number of hydrogen-bond donors (Lipinski definition) is 1. The Morgan fingerprint density at radius 3 is 2.45 bits per heavy atom. The third-order valence-electron chi connectivity index (χ3n) is 4.46. The lowest BCUT2D eigenvalue weighted by molar-refractivity contribution is -0.109. The largest absolute Gasteiger partial charge is 0.474 e. The van der Waals surface area contributed by atoms with Gasteiger partial charge in [-0.1, -0.05) is 23.5 Å². The number of aromatic nitrogens is 4. The van der Waals surface area contributed by atoms with Gasteiger partial charge in [-0.3, -0.25) is 32.5 Å². The van der Waals surface area contributed by atoms with Gasteiger partial charge in [-0.2, -0.15) is 0 Å². The van der Waals surface area contributed by atoms with Gasteiger partial charge in [0.25, 0.3) is 5.56 Å². The Hall–Kier alpha value is -1.54. The first-order chi connectivity index (χ1) is 15.8. The lowest BCUT2D eigenvalue weighted by Crippen LogP contribution is -2.18. The van der Waals surface area contributed by atoms with E-state index in [1.54, 1.807) is 4.57 Å². The maximum atomic E-state index is 13.0. The van der Waals surface area contributed by atoms with Gasteiger partial charge in [-0.05, 0) is 12.8 Å². The topological polar surface area (TPSA) is 152 Å². The van der Waals surface area contributed by atoms with Crippen molar-refractivity contribution in [3.63, 3.8) is 0 Å². The third kappa shape index (κ3) is 7.74. The van der Waals surface area contributed by atoms with E-state index in [1.807, 2.05) is 0 Å². The van der Waals surface area contributed by atoms with Crippen LogP contribution in [0.25, 0.3) is 11.2 Å². The number of thioether (sulfide) groups is 2. The van der Waals surface area contributed by atoms with Crippen molar-refractivity contribution in [3.8, 4) is 0 Å². The van der Waals surface area contributed by atoms with Crippen LogP contribution in [0.5, 0.6) is 0 Å². The van der Waals surface area contributed by atoms with Crippen LogP contribution in [-0.4, -0.2) is 67.2 Å². The van der Waals surface area contributed by atoms with Crippen LogP contribution in [0, 0.1) is 0 Å². The van der Waals surface area contributed by atoms with Crippen LogP contribution in [0.3, 0.4) is 0 Å². The SMILES string of the molecule is CC(=O)SCCOP(=O)(OCCSC(C)=O)OC[C@@H]1CC[C@H](n2cnc3c(=O)[nH]cnc32)O1. The van der Waals surface area contributed by atoms with Gasteiger partial charge in [0.2, 0.25) is 0 Å². The van der Waals surface area contributed by atoms with Gasteiger partial charge in [-0.25, -0.2) is 14.5 Å². The molecule has 0 saturated carbocycles. The molecule has 2 aromatic heterocycles. The first kappa shape index (κ1) is 26.1. The number of phosphoric ester groups is 1. The van der Waals surface area contributed by atoms with Crippen molar-refractivity contribution in [3.05, 3.63) is 23.0 Å². The van der Waals surface area contributed by atoms with E-state index >= 15 is 0 Å². The lowest BCUT2D eigenvalue weighted by Gasteiger charge is -2.20. The molecule has 3 rings (SSSR count). The predicted molar refractivity (Wildman–Crippen MR) is 123 cm³/mol. The maximum Gasteiger partial charge on any atom is 0.474 e. The first-order valence-electron chi connectivity index (χ1n) is 10.1. The van der Waals surface area contributed by atoms with Crippen molar-refractivity contribution in [1.82, 2.24) is 19.5 Å². The Morgan fingerprint density at radius 1 is 1.15 bits per heavy atom. The number of ether oxygens (including phenoxy) is 1. The molecular formula is C18H25N4O8PS2. The normalized spacial score (nSPS) is 18.7. The molecule has 12 nitrogen and oxygen atoms in total. The Labute approximate surface area is 198 Å². The van der Waals surface area contributed by atoms with Crippen molar-refractivity contribution < 1.29 is 32.5 Å². The first-order valence-corrected chi connectivity index (χ1v) is 13.6. The summed E-state index contributed by atoms with van der Waals surface area (Å²) < 4.78 is 36.8. The van der Waals surface area contributed by atoms with Crippen LogP contribution in [0.15, 0.2) is 17.4 Å². The van der Waals surface area contributed by atoms with Gasteiger partial charge in [0.1, 0.15) is 6.23 Å². The van der Waals surface area contributed by atoms with Crippen molar-refractivity contribution in [2.24, 2.45) is 0 Å². The number of fused-ring (bicyclic) bond motifs is 1. The molecule has 0 aromatic carbocycles. The standard InChI is InChI=1S/C18H25N4O8PS2/c1-12(23)32-7-5-27-31(26,28-6-8-33-13(2)24)29-9-14-3-4-15(30-14)22-11-21-16-17(22)19-10-20-18(16)25/h10-11,14-15H,3-9H2,1-2H3,(H,19,20,25)/t14-,15+/m0/s1. The molecule has 0 aliphatic carbocycles. The number of phosphoric acid groups is 1. The molecule has 0 bridgehead atoms. The number of imidazole rings is 1. The molecule has 1 fully saturated rings. The molecule has 2 atom stereocenters. The summed E-state index contributed by atoms with van der Waals surface area (Å²) in [7, 11) is -3.92. The third-order valence-corrected chi connectivity index (χ3v) is 7.47. The monoisotopic (exact) mass is 520 g/mol. The minimum atomic E-state index is -3.92. The number of carbonyl (C=O) groups is 2. The van der Waals surface area contributed by atoms with Crippen LogP contribution in [0.4, 0.5) is 0 Å². The van der Waals surface area contributed by atoms with E-state index in [4.69, 9.17) is 18.3 Å². The van der Waals surface area contributed by atoms with Crippen LogP contribution in [-0.2, 0) is 32.5 Å². The van der Waals surface area contributed by atoms with Crippen molar-refractivity contribution >= 4 is 52.7 Å². The summed E-state index contributed by atoms with van der Waals surface area (Å²) in [6.07, 6.45) is 3.22. The molecule has 1 aliphatic rings. The number of hydrogen-bond acceptors (Lipinski definition) is 12. The second-order valence-corrected chi connectivity index (χ2v) is 11.1. The van der Waals surface area contributed by atoms with E-state index < -0.39 is 20.2 Å². The minimum Gasteiger partial charge on any atom is -0.352 e. The quantitative estimate of drug-likeness (QED) is 0.323. The van der Waals surface area contributed by atoms with E-state index in [0.29, 0.717) is 30.0 Å². The fraction of sp³-hybridized carbons (Fsp3) is 0.611. The number of carbonyl (C=O) groups excluding carboxylic acids is 2. The summed E-state index contributed by atoms with van der Waals surface area (Å²) >= 11 is 2.08. The molecule has 33 heavy (non-hydrogen) atoms. The molecule has 0 spiro atoms. The fourth-order valence-corrected chi connectivity index (χ4v) is 5.40. The van der Waals surface area contributed by atoms with Crippen molar-refractivity contribution in [2.75, 3.05) is 31.3 Å². The predicted octanol–water partition coefficient (Wildman–Crippen LogP) is 2.51. The molecular weight excluding hydrogens is 495 g/mol. The zero-order valence-electron chi connectivity index (χ0n) is 18.1. The zero-order valence-corrected chi connectivity index (χ0v) is 20.7. The number of H-pyrrole nitrogens is 1. The highest BCUT2D eigenvalue weighted by molar-refractivity contribution is 8.13. The van der Waals surface area contributed by atoms with E-state index in [1.165, 1.54) is 26.5 Å². The number of nitrogens with one attached hydrogen (secondary N) is 1. The molecule has 2 aromatic rings. The van der Waals surface area contributed by atoms with Gasteiger partial charge in [-0.15, -0.1) is 0 Å². The summed E-state index contributed by atoms with van der Waals surface area (Å²) in [5.74, 6) is 0.603. The number of nitrogens with zero attached hydrogens (tertiary/aromatic N) is 3. The second-order valence-electron chi connectivity index (χ2n) is 6.94. The second kappa shape index (κ2) is 12.2. The molecule has 0 radical (unpaired) electrons. The van der Waals surface area contributed by atoms with Gasteiger partial charge < -0.3 is 9.72 Å². The number of aromatic amines is 1. The minimum absolute atomic E-state index is 0.00321. The molecule has 1 aliphatic heterocycles. The Kier molecular flexibility index (Phi) is 9.68. The molecule has 182 valence electrons. The van der Waals surface area contributed by atoms with E-state index in [2.05, 4.69) is 15.0 Å². The fourth-order valence-electron chi connectivity index (χ4n) is 3.04. The molecule has 0 amide bonds. The van der Waals surface area contributed by atoms with Gasteiger partial charge in [0.05, 0.1) is 38.6 Å². The van der Waals surface area contributed by atoms with Crippen molar-refractivity contribution in [1.29, 1.82) is 0 Å². The number of rotatable bonds is 12. The molecule has 1 saturated heterocycles. The van der Waals surface area contributed by atoms with Crippen LogP contribution in [0.1, 0.15) is 32.9 Å². The molecule has 0 unspecified atom stereocenters. The van der Waals surface area contributed by atoms with E-state index in [0.717, 1.165) is 23.5 Å². The smallest absolute Gasteiger partial charge is 0.352 e. The summed E-state index contributed by atoms with van der Waals surface area (Å²) in [4.78, 5) is 44.7. The summed E-state index contributed by atoms with van der Waals surface area (Å²) in [5.41, 5.74) is 0.297. The summed E-state index contributed by atoms with van der Waals surface area (Å²) in [6, 6.07) is 0. The summed E-state index contributed by atoms with van der Waals surface area (Å²) in [5, 5.41) is -0.163. The lowest BCUT2D eigenvalue weighted by atomic mass is 10.2. The van der Waals surface area contributed by atoms with Gasteiger partial charge >= 0.3 is 7.82 Å². The van der Waals surface area contributed by atoms with Gasteiger partial charge in [0.15, 0.2) is 21.4 Å². The Balaban J connectivity index is 1.55. The van der Waals surface area contributed by atoms with Gasteiger partial charge in [0, 0.05) is 25.4 Å². The van der Waals surface area contributed by atoms with E-state index in [-0.39, 0.29) is 41.1 Å². The zero-order chi connectivity index (χ0) is 23.8. The van der Waals surface area contributed by atoms with Crippen molar-refractivity contribution in [2.45, 2.75) is 39.0 Å². The molecule has 1 N–H and O–H groups in total. The highest BCUT2D eigenvalue weighted by Gasteiger charge is 2.33. The highest BCUT2D eigenvalue weighted by Crippen LogP contribution is 2.50. The maximum absolute atomic E-state index is 13.0. The Morgan fingerprint density at radius 2 is 1.82 bits per heavy atom. The average molecular weight is 521 g/mol. The van der Waals surface area contributed by atoms with Crippen LogP contribution < -0.4 is 5.56 Å². The average Bonchev–Trinajstić information content (AvgIpc) is 3.40. The summed E-state index contributed by atoms with van der Waals surface area (Å²) in [6.45, 7) is 2.81. The highest BCUT2D eigenvalue weighted by atomic mass is 32.2. The van der Waals surface area contributed by atoms with E-state index in [9.17, 15) is 18.9 Å². The van der Waals surface area contributed by atoms with Crippen LogP contribution >= 0.6 is 31.3 Å². The Bertz CT molecular complexity index is 1050. The molecule has 15 heteroatoms.